The molecule has 0 aliphatic carbocycles. The van der Waals surface area contributed by atoms with Gasteiger partial charge < -0.3 is 0 Å². The molecule has 100 valence electrons. The summed E-state index contributed by atoms with van der Waals surface area (Å²) in [6.07, 6.45) is 2.70. The third-order valence-corrected chi connectivity index (χ3v) is 4.53. The monoisotopic (exact) mass is 268 g/mol. The lowest BCUT2D eigenvalue weighted by Gasteiger charge is -2.03. The number of unbranched alkanes of at least 4 members (excludes halogenated alkanes) is 2. The van der Waals surface area contributed by atoms with Gasteiger partial charge in [0.1, 0.15) is 0 Å². The number of benzene rings is 1. The van der Waals surface area contributed by atoms with E-state index in [-0.39, 0.29) is 23.7 Å². The Morgan fingerprint density at radius 1 is 1.06 bits per heavy atom. The molecule has 18 heavy (non-hydrogen) atoms. The van der Waals surface area contributed by atoms with E-state index >= 15 is 0 Å². The van der Waals surface area contributed by atoms with Gasteiger partial charge in [0.2, 0.25) is 0 Å². The maximum absolute atomic E-state index is 11.8. The van der Waals surface area contributed by atoms with Crippen LogP contribution in [0.15, 0.2) is 30.3 Å². The van der Waals surface area contributed by atoms with Gasteiger partial charge in [-0.15, -0.1) is 0 Å². The highest BCUT2D eigenvalue weighted by Crippen LogP contribution is 2.07. The molecule has 0 heterocycles. The lowest BCUT2D eigenvalue weighted by Crippen LogP contribution is -2.14. The summed E-state index contributed by atoms with van der Waals surface area (Å²) in [4.78, 5) is 11.8. The second kappa shape index (κ2) is 7.31. The third-order valence-electron chi connectivity index (χ3n) is 2.79. The van der Waals surface area contributed by atoms with Gasteiger partial charge in [-0.2, -0.15) is 0 Å². The molecule has 0 saturated carbocycles. The first kappa shape index (κ1) is 14.9. The number of rotatable bonds is 8. The summed E-state index contributed by atoms with van der Waals surface area (Å²) in [6, 6.07) is 8.82. The van der Waals surface area contributed by atoms with Crippen molar-refractivity contribution in [3.63, 3.8) is 0 Å². The minimum atomic E-state index is -3.08. The van der Waals surface area contributed by atoms with Gasteiger partial charge in [-0.05, 0) is 6.42 Å². The highest BCUT2D eigenvalue weighted by molar-refractivity contribution is 7.91. The van der Waals surface area contributed by atoms with E-state index < -0.39 is 9.84 Å². The average molecular weight is 268 g/mol. The topological polar surface area (TPSA) is 51.2 Å². The predicted octanol–water partition coefficient (Wildman–Crippen LogP) is 2.86. The number of carbonyl (C=O) groups excluding carboxylic acids is 1. The second-order valence-electron chi connectivity index (χ2n) is 4.40. The second-order valence-corrected chi connectivity index (χ2v) is 6.70. The molecule has 4 heteroatoms. The normalized spacial score (nSPS) is 11.4. The van der Waals surface area contributed by atoms with Crippen molar-refractivity contribution in [2.45, 2.75) is 32.6 Å². The van der Waals surface area contributed by atoms with Crippen LogP contribution < -0.4 is 0 Å². The Bertz CT molecular complexity index is 463. The van der Waals surface area contributed by atoms with Crippen molar-refractivity contribution in [3.8, 4) is 0 Å². The fourth-order valence-corrected chi connectivity index (χ4v) is 3.04. The summed E-state index contributed by atoms with van der Waals surface area (Å²) in [7, 11) is -3.08. The van der Waals surface area contributed by atoms with Gasteiger partial charge in [0.25, 0.3) is 0 Å². The summed E-state index contributed by atoms with van der Waals surface area (Å²) in [5.41, 5.74) is 0.584. The molecule has 0 N–H and O–H groups in total. The number of sulfone groups is 1. The molecular formula is C14H20O3S. The summed E-state index contributed by atoms with van der Waals surface area (Å²) >= 11 is 0. The quantitative estimate of drug-likeness (QED) is 0.538. The summed E-state index contributed by atoms with van der Waals surface area (Å²) < 4.78 is 23.4. The van der Waals surface area contributed by atoms with Crippen LogP contribution in [0.25, 0.3) is 0 Å². The first-order valence-corrected chi connectivity index (χ1v) is 8.16. The summed E-state index contributed by atoms with van der Waals surface area (Å²) in [5, 5.41) is 0. The number of ketones is 1. The van der Waals surface area contributed by atoms with Crippen LogP contribution in [-0.4, -0.2) is 25.7 Å². The minimum Gasteiger partial charge on any atom is -0.294 e. The highest BCUT2D eigenvalue weighted by Gasteiger charge is 2.14. The maximum atomic E-state index is 11.8. The Labute approximate surface area is 109 Å². The van der Waals surface area contributed by atoms with Crippen molar-refractivity contribution >= 4 is 15.6 Å². The molecule has 0 amide bonds. The molecule has 1 aromatic rings. The fourth-order valence-electron chi connectivity index (χ4n) is 1.69. The van der Waals surface area contributed by atoms with Gasteiger partial charge in [0, 0.05) is 12.0 Å². The molecule has 0 unspecified atom stereocenters. The average Bonchev–Trinajstić information content (AvgIpc) is 2.37. The summed E-state index contributed by atoms with van der Waals surface area (Å²) in [5.74, 6) is 0.0579. The Kier molecular flexibility index (Phi) is 6.05. The zero-order chi connectivity index (χ0) is 13.4. The molecule has 0 radical (unpaired) electrons. The van der Waals surface area contributed by atoms with E-state index in [0.29, 0.717) is 12.0 Å². The molecular weight excluding hydrogens is 248 g/mol. The molecule has 0 aromatic heterocycles. The zero-order valence-corrected chi connectivity index (χ0v) is 11.6. The largest absolute Gasteiger partial charge is 0.294 e. The third kappa shape index (κ3) is 5.45. The summed E-state index contributed by atoms with van der Waals surface area (Å²) in [6.45, 7) is 2.03. The van der Waals surface area contributed by atoms with Crippen LogP contribution in [0, 0.1) is 0 Å². The van der Waals surface area contributed by atoms with E-state index in [1.54, 1.807) is 24.3 Å². The predicted molar refractivity (Wildman–Crippen MR) is 73.6 cm³/mol. The van der Waals surface area contributed by atoms with Crippen molar-refractivity contribution in [3.05, 3.63) is 35.9 Å². The first-order chi connectivity index (χ1) is 8.55. The number of carbonyl (C=O) groups is 1. The van der Waals surface area contributed by atoms with Crippen LogP contribution in [0.2, 0.25) is 0 Å². The van der Waals surface area contributed by atoms with Gasteiger partial charge >= 0.3 is 0 Å². The van der Waals surface area contributed by atoms with Gasteiger partial charge in [-0.3, -0.25) is 4.79 Å². The van der Waals surface area contributed by atoms with Crippen LogP contribution in [0.3, 0.4) is 0 Å². The Balaban J connectivity index is 2.43. The minimum absolute atomic E-state index is 0.0373. The van der Waals surface area contributed by atoms with Crippen LogP contribution in [0.1, 0.15) is 43.0 Å². The lowest BCUT2D eigenvalue weighted by molar-refractivity contribution is 0.0989. The molecule has 0 bridgehead atoms. The van der Waals surface area contributed by atoms with Crippen LogP contribution >= 0.6 is 0 Å². The molecule has 1 aromatic carbocycles. The van der Waals surface area contributed by atoms with Crippen molar-refractivity contribution in [2.75, 3.05) is 11.5 Å². The van der Waals surface area contributed by atoms with E-state index in [1.165, 1.54) is 0 Å². The number of hydrogen-bond acceptors (Lipinski definition) is 3. The number of hydrogen-bond donors (Lipinski definition) is 0. The fraction of sp³-hybridized carbons (Fsp3) is 0.500. The molecule has 0 aliphatic heterocycles. The SMILES string of the molecule is CCCCCS(=O)(=O)CCC(=O)c1ccccc1. The Morgan fingerprint density at radius 2 is 1.72 bits per heavy atom. The molecule has 0 spiro atoms. The first-order valence-electron chi connectivity index (χ1n) is 6.34. The smallest absolute Gasteiger partial charge is 0.163 e. The maximum Gasteiger partial charge on any atom is 0.163 e. The molecule has 0 aliphatic rings. The molecule has 0 atom stereocenters. The molecule has 1 rings (SSSR count). The van der Waals surface area contributed by atoms with Crippen LogP contribution in [0.4, 0.5) is 0 Å². The highest BCUT2D eigenvalue weighted by atomic mass is 32.2. The molecule has 3 nitrogen and oxygen atoms in total. The van der Waals surface area contributed by atoms with E-state index in [0.717, 1.165) is 12.8 Å². The number of Topliss-reactive ketones (excluding diaryl/α,β-unsaturated/α-hetero) is 1. The van der Waals surface area contributed by atoms with Crippen LogP contribution in [0.5, 0.6) is 0 Å². The lowest BCUT2D eigenvalue weighted by atomic mass is 10.1. The van der Waals surface area contributed by atoms with Crippen molar-refractivity contribution in [1.29, 1.82) is 0 Å². The van der Waals surface area contributed by atoms with E-state index in [9.17, 15) is 13.2 Å². The van der Waals surface area contributed by atoms with Gasteiger partial charge in [0.15, 0.2) is 15.6 Å². The van der Waals surface area contributed by atoms with E-state index in [4.69, 9.17) is 0 Å². The van der Waals surface area contributed by atoms with Crippen molar-refractivity contribution in [2.24, 2.45) is 0 Å². The van der Waals surface area contributed by atoms with E-state index in [2.05, 4.69) is 0 Å². The van der Waals surface area contributed by atoms with Crippen molar-refractivity contribution < 1.29 is 13.2 Å². The van der Waals surface area contributed by atoms with Gasteiger partial charge in [0.05, 0.1) is 11.5 Å². The van der Waals surface area contributed by atoms with Crippen LogP contribution in [-0.2, 0) is 9.84 Å². The Hall–Kier alpha value is -1.16. The standard InChI is InChI=1S/C14H20O3S/c1-2-3-7-11-18(16,17)12-10-14(15)13-8-5-4-6-9-13/h4-6,8-9H,2-3,7,10-12H2,1H3. The van der Waals surface area contributed by atoms with E-state index in [1.807, 2.05) is 13.0 Å². The van der Waals surface area contributed by atoms with Crippen molar-refractivity contribution in [1.82, 2.24) is 0 Å². The van der Waals surface area contributed by atoms with Gasteiger partial charge in [-0.25, -0.2) is 8.42 Å². The zero-order valence-electron chi connectivity index (χ0n) is 10.8. The molecule has 0 saturated heterocycles. The molecule has 0 fully saturated rings. The van der Waals surface area contributed by atoms with Gasteiger partial charge in [-0.1, -0.05) is 50.1 Å². The Morgan fingerprint density at radius 3 is 2.33 bits per heavy atom.